The maximum atomic E-state index is 5.35. The summed E-state index contributed by atoms with van der Waals surface area (Å²) in [7, 11) is 0.871. The molecule has 0 amide bonds. The predicted octanol–water partition coefficient (Wildman–Crippen LogP) is 1.35. The van der Waals surface area contributed by atoms with Crippen molar-refractivity contribution in [1.29, 1.82) is 0 Å². The first kappa shape index (κ1) is 10.2. The van der Waals surface area contributed by atoms with Gasteiger partial charge in [0.1, 0.15) is 10.5 Å². The second-order valence-electron chi connectivity index (χ2n) is 3.55. The van der Waals surface area contributed by atoms with Crippen molar-refractivity contribution in [2.75, 3.05) is 0 Å². The second kappa shape index (κ2) is 4.91. The molecule has 0 aromatic carbocycles. The first-order valence-corrected chi connectivity index (χ1v) is 4.92. The lowest BCUT2D eigenvalue weighted by Crippen LogP contribution is -2.18. The summed E-state index contributed by atoms with van der Waals surface area (Å²) >= 11 is 0. The van der Waals surface area contributed by atoms with Crippen molar-refractivity contribution in [3.63, 3.8) is 0 Å². The standard InChI is InChI=1S/C8H20OSi/c1-6(2)5-7(3)8(4)9-10/h6-8H,5H2,1-4,10H3. The summed E-state index contributed by atoms with van der Waals surface area (Å²) in [5, 5.41) is 0. The average Bonchev–Trinajstić information content (AvgIpc) is 1.85. The van der Waals surface area contributed by atoms with E-state index in [1.165, 1.54) is 6.42 Å². The smallest absolute Gasteiger partial charge is 0.146 e. The van der Waals surface area contributed by atoms with E-state index in [-0.39, 0.29) is 0 Å². The number of hydrogen-bond donors (Lipinski definition) is 0. The Labute approximate surface area is 67.7 Å². The Balaban J connectivity index is 3.50. The summed E-state index contributed by atoms with van der Waals surface area (Å²) in [4.78, 5) is 0. The first-order valence-electron chi connectivity index (χ1n) is 4.10. The summed E-state index contributed by atoms with van der Waals surface area (Å²) in [5.41, 5.74) is 0. The molecule has 0 N–H and O–H groups in total. The fourth-order valence-electron chi connectivity index (χ4n) is 1.17. The van der Waals surface area contributed by atoms with Crippen molar-refractivity contribution in [1.82, 2.24) is 0 Å². The molecule has 0 aliphatic carbocycles. The zero-order chi connectivity index (χ0) is 8.15. The van der Waals surface area contributed by atoms with E-state index in [9.17, 15) is 0 Å². The highest BCUT2D eigenvalue weighted by Crippen LogP contribution is 2.15. The van der Waals surface area contributed by atoms with Gasteiger partial charge in [0.2, 0.25) is 0 Å². The number of hydrogen-bond acceptors (Lipinski definition) is 1. The van der Waals surface area contributed by atoms with E-state index in [0.29, 0.717) is 6.10 Å². The van der Waals surface area contributed by atoms with Crippen LogP contribution in [-0.2, 0) is 4.43 Å². The third kappa shape index (κ3) is 4.07. The van der Waals surface area contributed by atoms with Crippen molar-refractivity contribution in [3.8, 4) is 0 Å². The molecule has 0 aromatic rings. The van der Waals surface area contributed by atoms with Crippen molar-refractivity contribution < 1.29 is 4.43 Å². The monoisotopic (exact) mass is 160 g/mol. The van der Waals surface area contributed by atoms with Gasteiger partial charge in [-0.25, -0.2) is 0 Å². The van der Waals surface area contributed by atoms with Gasteiger partial charge < -0.3 is 4.43 Å². The summed E-state index contributed by atoms with van der Waals surface area (Å²) in [6, 6.07) is 0. The van der Waals surface area contributed by atoms with E-state index in [2.05, 4.69) is 27.7 Å². The molecule has 0 spiro atoms. The van der Waals surface area contributed by atoms with Gasteiger partial charge in [-0.2, -0.15) is 0 Å². The van der Waals surface area contributed by atoms with Crippen LogP contribution in [0.1, 0.15) is 34.1 Å². The SMILES string of the molecule is CC(C)CC(C)C(C)O[SiH3]. The van der Waals surface area contributed by atoms with Crippen LogP contribution < -0.4 is 0 Å². The lowest BCUT2D eigenvalue weighted by atomic mass is 9.95. The summed E-state index contributed by atoms with van der Waals surface area (Å²) in [6.07, 6.45) is 1.75. The molecule has 62 valence electrons. The Bertz CT molecular complexity index is 83.3. The second-order valence-corrected chi connectivity index (χ2v) is 4.02. The van der Waals surface area contributed by atoms with Crippen molar-refractivity contribution in [2.45, 2.75) is 40.2 Å². The largest absolute Gasteiger partial charge is 0.425 e. The van der Waals surface area contributed by atoms with E-state index in [1.54, 1.807) is 0 Å². The molecule has 0 fully saturated rings. The highest BCUT2D eigenvalue weighted by Gasteiger charge is 2.11. The molecule has 2 heteroatoms. The minimum Gasteiger partial charge on any atom is -0.425 e. The van der Waals surface area contributed by atoms with Crippen LogP contribution in [0, 0.1) is 11.8 Å². The van der Waals surface area contributed by atoms with Crippen LogP contribution in [0.25, 0.3) is 0 Å². The molecule has 0 saturated heterocycles. The van der Waals surface area contributed by atoms with Gasteiger partial charge in [0.05, 0.1) is 0 Å². The Morgan fingerprint density at radius 3 is 2.00 bits per heavy atom. The van der Waals surface area contributed by atoms with Crippen LogP contribution in [0.5, 0.6) is 0 Å². The third-order valence-corrected chi connectivity index (χ3v) is 2.76. The molecule has 0 saturated carbocycles. The summed E-state index contributed by atoms with van der Waals surface area (Å²) in [6.45, 7) is 8.95. The van der Waals surface area contributed by atoms with Gasteiger partial charge in [-0.05, 0) is 25.2 Å². The van der Waals surface area contributed by atoms with E-state index in [1.807, 2.05) is 0 Å². The molecule has 0 aliphatic rings. The summed E-state index contributed by atoms with van der Waals surface area (Å²) < 4.78 is 5.35. The highest BCUT2D eigenvalue weighted by molar-refractivity contribution is 5.98. The van der Waals surface area contributed by atoms with Gasteiger partial charge >= 0.3 is 0 Å². The van der Waals surface area contributed by atoms with Crippen LogP contribution in [0.15, 0.2) is 0 Å². The van der Waals surface area contributed by atoms with Crippen LogP contribution in [0.4, 0.5) is 0 Å². The van der Waals surface area contributed by atoms with E-state index >= 15 is 0 Å². The normalized spacial score (nSPS) is 17.7. The highest BCUT2D eigenvalue weighted by atomic mass is 28.2. The van der Waals surface area contributed by atoms with E-state index < -0.39 is 0 Å². The van der Waals surface area contributed by atoms with Gasteiger partial charge in [-0.3, -0.25) is 0 Å². The maximum absolute atomic E-state index is 5.35. The van der Waals surface area contributed by atoms with Crippen molar-refractivity contribution >= 4 is 10.5 Å². The fraction of sp³-hybridized carbons (Fsp3) is 1.00. The fourth-order valence-corrected chi connectivity index (χ4v) is 1.63. The molecule has 0 aromatic heterocycles. The van der Waals surface area contributed by atoms with Crippen LogP contribution in [0.2, 0.25) is 0 Å². The Morgan fingerprint density at radius 1 is 1.20 bits per heavy atom. The number of rotatable bonds is 4. The Hall–Kier alpha value is 0.177. The molecule has 0 aliphatic heterocycles. The molecule has 10 heavy (non-hydrogen) atoms. The summed E-state index contributed by atoms with van der Waals surface area (Å²) in [5.74, 6) is 1.52. The lowest BCUT2D eigenvalue weighted by Gasteiger charge is -2.20. The van der Waals surface area contributed by atoms with Gasteiger partial charge in [-0.15, -0.1) is 0 Å². The van der Waals surface area contributed by atoms with Gasteiger partial charge in [0.15, 0.2) is 0 Å². The molecule has 2 atom stereocenters. The third-order valence-electron chi connectivity index (χ3n) is 2.02. The Kier molecular flexibility index (Phi) is 5.00. The molecule has 0 radical (unpaired) electrons. The van der Waals surface area contributed by atoms with E-state index in [4.69, 9.17) is 4.43 Å². The Morgan fingerprint density at radius 2 is 1.70 bits per heavy atom. The molecule has 2 unspecified atom stereocenters. The van der Waals surface area contributed by atoms with Crippen molar-refractivity contribution in [3.05, 3.63) is 0 Å². The quantitative estimate of drug-likeness (QED) is 0.564. The topological polar surface area (TPSA) is 9.23 Å². The molecule has 0 rings (SSSR count). The minimum atomic E-state index is 0.467. The molecule has 0 bridgehead atoms. The zero-order valence-corrected chi connectivity index (χ0v) is 9.85. The first-order chi connectivity index (χ1) is 4.57. The van der Waals surface area contributed by atoms with Crippen LogP contribution >= 0.6 is 0 Å². The lowest BCUT2D eigenvalue weighted by molar-refractivity contribution is 0.160. The molecule has 1 nitrogen and oxygen atoms in total. The van der Waals surface area contributed by atoms with Crippen LogP contribution in [0.3, 0.4) is 0 Å². The molecular formula is C8H20OSi. The predicted molar refractivity (Wildman–Crippen MR) is 49.1 cm³/mol. The van der Waals surface area contributed by atoms with Crippen molar-refractivity contribution in [2.24, 2.45) is 11.8 Å². The maximum Gasteiger partial charge on any atom is 0.146 e. The van der Waals surface area contributed by atoms with Gasteiger partial charge in [0.25, 0.3) is 0 Å². The minimum absolute atomic E-state index is 0.467. The van der Waals surface area contributed by atoms with Crippen LogP contribution in [-0.4, -0.2) is 16.6 Å². The average molecular weight is 160 g/mol. The molecule has 0 heterocycles. The zero-order valence-electron chi connectivity index (χ0n) is 7.85. The van der Waals surface area contributed by atoms with Gasteiger partial charge in [0, 0.05) is 6.10 Å². The van der Waals surface area contributed by atoms with E-state index in [0.717, 1.165) is 22.3 Å². The van der Waals surface area contributed by atoms with Gasteiger partial charge in [-0.1, -0.05) is 20.8 Å². The molecular weight excluding hydrogens is 140 g/mol.